The number of hydrogen-bond donors (Lipinski definition) is 1. The summed E-state index contributed by atoms with van der Waals surface area (Å²) in [4.78, 5) is 38.0. The number of imide groups is 1. The molecule has 0 bridgehead atoms. The van der Waals surface area contributed by atoms with Gasteiger partial charge in [-0.15, -0.1) is 0 Å². The lowest BCUT2D eigenvalue weighted by Gasteiger charge is -2.15. The standard InChI is InChI=1S/C20H16Cl2N2O4/c1-3-28-20(27)12-5-8-14(9-6-12)24-18(25)16(22)17(19(24)26)23-13-7-4-11(2)15(21)10-13/h4-10,23H,3H2,1-2H3. The van der Waals surface area contributed by atoms with Crippen LogP contribution in [0.1, 0.15) is 22.8 Å². The molecule has 1 aliphatic rings. The second-order valence-electron chi connectivity index (χ2n) is 5.99. The van der Waals surface area contributed by atoms with Gasteiger partial charge >= 0.3 is 5.97 Å². The minimum Gasteiger partial charge on any atom is -0.462 e. The molecule has 1 heterocycles. The van der Waals surface area contributed by atoms with Crippen LogP contribution in [0.25, 0.3) is 0 Å². The Hall–Kier alpha value is -2.83. The number of nitrogens with one attached hydrogen (secondary N) is 1. The van der Waals surface area contributed by atoms with Crippen LogP contribution in [0.4, 0.5) is 11.4 Å². The number of amides is 2. The summed E-state index contributed by atoms with van der Waals surface area (Å²) in [6.07, 6.45) is 0. The average Bonchev–Trinajstić information content (AvgIpc) is 2.88. The number of carbonyl (C=O) groups is 3. The molecule has 1 aliphatic heterocycles. The van der Waals surface area contributed by atoms with Crippen molar-refractivity contribution in [1.29, 1.82) is 0 Å². The summed E-state index contributed by atoms with van der Waals surface area (Å²) >= 11 is 12.2. The number of aryl methyl sites for hydroxylation is 1. The van der Waals surface area contributed by atoms with Gasteiger partial charge in [0.05, 0.1) is 17.9 Å². The van der Waals surface area contributed by atoms with E-state index in [1.165, 1.54) is 24.3 Å². The van der Waals surface area contributed by atoms with Gasteiger partial charge in [0.1, 0.15) is 10.7 Å². The number of carbonyl (C=O) groups excluding carboxylic acids is 3. The number of esters is 1. The SMILES string of the molecule is CCOC(=O)c1ccc(N2C(=O)C(Cl)=C(Nc3ccc(C)c(Cl)c3)C2=O)cc1. The van der Waals surface area contributed by atoms with Crippen molar-refractivity contribution in [3.63, 3.8) is 0 Å². The largest absolute Gasteiger partial charge is 0.462 e. The molecule has 0 aromatic heterocycles. The maximum absolute atomic E-state index is 12.8. The Morgan fingerprint density at radius 1 is 1.07 bits per heavy atom. The first-order chi connectivity index (χ1) is 13.3. The lowest BCUT2D eigenvalue weighted by molar-refractivity contribution is -0.120. The zero-order chi connectivity index (χ0) is 20.4. The van der Waals surface area contributed by atoms with Crippen LogP contribution < -0.4 is 10.2 Å². The molecule has 0 spiro atoms. The number of ether oxygens (including phenoxy) is 1. The summed E-state index contributed by atoms with van der Waals surface area (Å²) in [6.45, 7) is 3.81. The van der Waals surface area contributed by atoms with Crippen molar-refractivity contribution in [1.82, 2.24) is 0 Å². The minimum absolute atomic E-state index is 0.0407. The maximum Gasteiger partial charge on any atom is 0.338 e. The maximum atomic E-state index is 12.8. The van der Waals surface area contributed by atoms with Crippen LogP contribution in [0, 0.1) is 6.92 Å². The van der Waals surface area contributed by atoms with Crippen LogP contribution in [-0.4, -0.2) is 24.4 Å². The first-order valence-corrected chi connectivity index (χ1v) is 9.18. The molecule has 0 radical (unpaired) electrons. The topological polar surface area (TPSA) is 75.7 Å². The van der Waals surface area contributed by atoms with E-state index in [9.17, 15) is 14.4 Å². The van der Waals surface area contributed by atoms with Crippen LogP contribution >= 0.6 is 23.2 Å². The van der Waals surface area contributed by atoms with Crippen LogP contribution in [0.2, 0.25) is 5.02 Å². The normalized spacial score (nSPS) is 13.9. The highest BCUT2D eigenvalue weighted by molar-refractivity contribution is 6.53. The zero-order valence-corrected chi connectivity index (χ0v) is 16.6. The minimum atomic E-state index is -0.656. The van der Waals surface area contributed by atoms with Crippen LogP contribution in [0.5, 0.6) is 0 Å². The van der Waals surface area contributed by atoms with Crippen molar-refractivity contribution in [2.45, 2.75) is 13.8 Å². The number of anilines is 2. The van der Waals surface area contributed by atoms with E-state index in [1.54, 1.807) is 25.1 Å². The highest BCUT2D eigenvalue weighted by Gasteiger charge is 2.39. The van der Waals surface area contributed by atoms with Crippen molar-refractivity contribution in [2.75, 3.05) is 16.8 Å². The smallest absolute Gasteiger partial charge is 0.338 e. The van der Waals surface area contributed by atoms with Gasteiger partial charge in [-0.2, -0.15) is 0 Å². The predicted octanol–water partition coefficient (Wildman–Crippen LogP) is 4.26. The lowest BCUT2D eigenvalue weighted by Crippen LogP contribution is -2.32. The molecular formula is C20H16Cl2N2O4. The van der Waals surface area contributed by atoms with Gasteiger partial charge in [0, 0.05) is 10.7 Å². The van der Waals surface area contributed by atoms with Gasteiger partial charge in [-0.3, -0.25) is 9.59 Å². The molecule has 0 unspecified atom stereocenters. The van der Waals surface area contributed by atoms with E-state index in [0.29, 0.717) is 22.0 Å². The Balaban J connectivity index is 1.84. The molecule has 0 fully saturated rings. The van der Waals surface area contributed by atoms with Gasteiger partial charge in [0.25, 0.3) is 11.8 Å². The van der Waals surface area contributed by atoms with Crippen molar-refractivity contribution >= 4 is 52.4 Å². The molecule has 28 heavy (non-hydrogen) atoms. The Labute approximate surface area is 171 Å². The van der Waals surface area contributed by atoms with Gasteiger partial charge in [0.15, 0.2) is 0 Å². The Morgan fingerprint density at radius 3 is 2.36 bits per heavy atom. The number of rotatable bonds is 5. The van der Waals surface area contributed by atoms with Crippen molar-refractivity contribution in [3.8, 4) is 0 Å². The van der Waals surface area contributed by atoms with Gasteiger partial charge in [0.2, 0.25) is 0 Å². The van der Waals surface area contributed by atoms with E-state index in [4.69, 9.17) is 27.9 Å². The molecule has 0 aliphatic carbocycles. The number of hydrogen-bond acceptors (Lipinski definition) is 5. The Kier molecular flexibility index (Phi) is 5.72. The molecular weight excluding hydrogens is 403 g/mol. The Bertz CT molecular complexity index is 1000. The summed E-state index contributed by atoms with van der Waals surface area (Å²) in [5.41, 5.74) is 1.98. The predicted molar refractivity (Wildman–Crippen MR) is 108 cm³/mol. The summed E-state index contributed by atoms with van der Waals surface area (Å²) in [7, 11) is 0. The number of benzene rings is 2. The van der Waals surface area contributed by atoms with E-state index >= 15 is 0 Å². The van der Waals surface area contributed by atoms with Crippen molar-refractivity contribution < 1.29 is 19.1 Å². The summed E-state index contributed by atoms with van der Waals surface area (Å²) in [5.74, 6) is -1.74. The third kappa shape index (κ3) is 3.74. The van der Waals surface area contributed by atoms with Crippen LogP contribution in [-0.2, 0) is 14.3 Å². The fourth-order valence-corrected chi connectivity index (χ4v) is 3.01. The lowest BCUT2D eigenvalue weighted by atomic mass is 10.2. The molecule has 8 heteroatoms. The van der Waals surface area contributed by atoms with Gasteiger partial charge in [-0.05, 0) is 55.8 Å². The monoisotopic (exact) mass is 418 g/mol. The van der Waals surface area contributed by atoms with Crippen LogP contribution in [0.15, 0.2) is 53.2 Å². The average molecular weight is 419 g/mol. The van der Waals surface area contributed by atoms with E-state index in [2.05, 4.69) is 5.32 Å². The van der Waals surface area contributed by atoms with Crippen molar-refractivity contribution in [3.05, 3.63) is 69.3 Å². The highest BCUT2D eigenvalue weighted by atomic mass is 35.5. The fraction of sp³-hybridized carbons (Fsp3) is 0.150. The third-order valence-corrected chi connectivity index (χ3v) is 4.86. The molecule has 2 aromatic rings. The van der Waals surface area contributed by atoms with E-state index in [0.717, 1.165) is 10.5 Å². The molecule has 144 valence electrons. The number of halogens is 2. The fourth-order valence-electron chi connectivity index (χ4n) is 2.62. The molecule has 2 amide bonds. The van der Waals surface area contributed by atoms with E-state index in [1.807, 2.05) is 6.92 Å². The molecule has 2 aromatic carbocycles. The summed E-state index contributed by atoms with van der Waals surface area (Å²) in [6, 6.07) is 11.1. The van der Waals surface area contributed by atoms with Gasteiger partial charge < -0.3 is 10.1 Å². The second kappa shape index (κ2) is 8.04. The molecule has 0 saturated carbocycles. The zero-order valence-electron chi connectivity index (χ0n) is 15.1. The third-order valence-electron chi connectivity index (χ3n) is 4.11. The second-order valence-corrected chi connectivity index (χ2v) is 6.78. The first kappa shape index (κ1) is 19.9. The summed E-state index contributed by atoms with van der Waals surface area (Å²) in [5, 5.41) is 3.15. The quantitative estimate of drug-likeness (QED) is 0.579. The van der Waals surface area contributed by atoms with Gasteiger partial charge in [-0.1, -0.05) is 29.3 Å². The highest BCUT2D eigenvalue weighted by Crippen LogP contribution is 2.31. The molecule has 0 saturated heterocycles. The molecule has 0 atom stereocenters. The molecule has 6 nitrogen and oxygen atoms in total. The van der Waals surface area contributed by atoms with Gasteiger partial charge in [-0.25, -0.2) is 9.69 Å². The first-order valence-electron chi connectivity index (χ1n) is 8.42. The van der Waals surface area contributed by atoms with Crippen LogP contribution in [0.3, 0.4) is 0 Å². The number of nitrogens with zero attached hydrogens (tertiary/aromatic N) is 1. The van der Waals surface area contributed by atoms with E-state index < -0.39 is 17.8 Å². The van der Waals surface area contributed by atoms with E-state index in [-0.39, 0.29) is 17.3 Å². The molecule has 1 N–H and O–H groups in total. The molecule has 3 rings (SSSR count). The van der Waals surface area contributed by atoms with Crippen molar-refractivity contribution in [2.24, 2.45) is 0 Å². The Morgan fingerprint density at radius 2 is 1.75 bits per heavy atom. The summed E-state index contributed by atoms with van der Waals surface area (Å²) < 4.78 is 4.92.